The Morgan fingerprint density at radius 3 is 2.68 bits per heavy atom. The van der Waals surface area contributed by atoms with E-state index in [2.05, 4.69) is 15.2 Å². The van der Waals surface area contributed by atoms with Gasteiger partial charge in [-0.3, -0.25) is 9.59 Å². The summed E-state index contributed by atoms with van der Waals surface area (Å²) in [5, 5.41) is 14.7. The van der Waals surface area contributed by atoms with E-state index in [1.807, 2.05) is 0 Å². The summed E-state index contributed by atoms with van der Waals surface area (Å²) in [6.07, 6.45) is -0.177. The highest BCUT2D eigenvalue weighted by molar-refractivity contribution is 5.94. The van der Waals surface area contributed by atoms with Gasteiger partial charge in [0.15, 0.2) is 0 Å². The van der Waals surface area contributed by atoms with Crippen LogP contribution in [-0.4, -0.2) is 41.3 Å². The molecule has 0 aliphatic carbocycles. The van der Waals surface area contributed by atoms with Crippen molar-refractivity contribution < 1.29 is 28.8 Å². The molecule has 0 aliphatic rings. The van der Waals surface area contributed by atoms with E-state index < -0.39 is 23.9 Å². The van der Waals surface area contributed by atoms with Crippen molar-refractivity contribution in [3.05, 3.63) is 17.5 Å². The number of esters is 1. The number of carboxylic acids is 1. The standard InChI is InChI=1S/C11H14N2O6/c1-6-5-8(19-13-6)10(15)12-7(11(16)17)3-4-9(14)18-2/h5,7H,3-4H2,1-2H3,(H,12,15)(H,16,17)/t7-/m0/s1. The van der Waals surface area contributed by atoms with Gasteiger partial charge in [-0.05, 0) is 13.3 Å². The van der Waals surface area contributed by atoms with Gasteiger partial charge in [-0.15, -0.1) is 0 Å². The second-order valence-electron chi connectivity index (χ2n) is 3.81. The fraction of sp³-hybridized carbons (Fsp3) is 0.455. The number of aromatic nitrogens is 1. The Balaban J connectivity index is 2.61. The fourth-order valence-corrected chi connectivity index (χ4v) is 1.32. The molecule has 1 aromatic rings. The van der Waals surface area contributed by atoms with Gasteiger partial charge in [-0.2, -0.15) is 0 Å². The Morgan fingerprint density at radius 2 is 2.21 bits per heavy atom. The van der Waals surface area contributed by atoms with Gasteiger partial charge < -0.3 is 19.7 Å². The number of amides is 1. The maximum atomic E-state index is 11.7. The maximum absolute atomic E-state index is 11.7. The zero-order valence-corrected chi connectivity index (χ0v) is 10.5. The van der Waals surface area contributed by atoms with E-state index in [9.17, 15) is 14.4 Å². The number of methoxy groups -OCH3 is 1. The number of carboxylic acid groups (broad SMARTS) is 1. The molecule has 1 rings (SSSR count). The van der Waals surface area contributed by atoms with Crippen molar-refractivity contribution in [2.75, 3.05) is 7.11 Å². The van der Waals surface area contributed by atoms with Crippen LogP contribution in [0.4, 0.5) is 0 Å². The third-order valence-electron chi connectivity index (χ3n) is 2.32. The lowest BCUT2D eigenvalue weighted by atomic mass is 10.1. The van der Waals surface area contributed by atoms with E-state index in [1.165, 1.54) is 13.2 Å². The third kappa shape index (κ3) is 4.41. The fourth-order valence-electron chi connectivity index (χ4n) is 1.32. The van der Waals surface area contributed by atoms with Crippen molar-refractivity contribution >= 4 is 17.8 Å². The first-order chi connectivity index (χ1) is 8.93. The predicted molar refractivity (Wildman–Crippen MR) is 61.4 cm³/mol. The molecule has 0 bridgehead atoms. The van der Waals surface area contributed by atoms with Crippen LogP contribution in [0.5, 0.6) is 0 Å². The summed E-state index contributed by atoms with van der Waals surface area (Å²) in [6, 6.07) is 0.186. The van der Waals surface area contributed by atoms with E-state index in [-0.39, 0.29) is 18.6 Å². The second kappa shape index (κ2) is 6.53. The molecular formula is C11H14N2O6. The first-order valence-electron chi connectivity index (χ1n) is 5.48. The van der Waals surface area contributed by atoms with Crippen molar-refractivity contribution in [2.24, 2.45) is 0 Å². The zero-order chi connectivity index (χ0) is 14.4. The lowest BCUT2D eigenvalue weighted by Gasteiger charge is -2.12. The van der Waals surface area contributed by atoms with Crippen LogP contribution < -0.4 is 5.32 Å². The van der Waals surface area contributed by atoms with Crippen LogP contribution >= 0.6 is 0 Å². The summed E-state index contributed by atoms with van der Waals surface area (Å²) in [5.41, 5.74) is 0.506. The van der Waals surface area contributed by atoms with E-state index in [0.29, 0.717) is 5.69 Å². The van der Waals surface area contributed by atoms with Gasteiger partial charge >= 0.3 is 11.9 Å². The van der Waals surface area contributed by atoms with Gasteiger partial charge in [0, 0.05) is 12.5 Å². The highest BCUT2D eigenvalue weighted by Crippen LogP contribution is 2.05. The molecule has 0 radical (unpaired) electrons. The van der Waals surface area contributed by atoms with E-state index in [4.69, 9.17) is 9.63 Å². The molecule has 1 amide bonds. The summed E-state index contributed by atoms with van der Waals surface area (Å²) in [5.74, 6) is -2.57. The van der Waals surface area contributed by atoms with E-state index in [0.717, 1.165) is 0 Å². The van der Waals surface area contributed by atoms with E-state index >= 15 is 0 Å². The summed E-state index contributed by atoms with van der Waals surface area (Å²) in [7, 11) is 1.20. The quantitative estimate of drug-likeness (QED) is 0.704. The van der Waals surface area contributed by atoms with Crippen molar-refractivity contribution in [3.8, 4) is 0 Å². The summed E-state index contributed by atoms with van der Waals surface area (Å²) >= 11 is 0. The number of aryl methyl sites for hydroxylation is 1. The number of aliphatic carboxylic acids is 1. The molecule has 104 valence electrons. The van der Waals surface area contributed by atoms with Gasteiger partial charge in [-0.25, -0.2) is 4.79 Å². The molecule has 0 saturated carbocycles. The highest BCUT2D eigenvalue weighted by Gasteiger charge is 2.23. The van der Waals surface area contributed by atoms with Crippen molar-refractivity contribution in [1.29, 1.82) is 0 Å². The van der Waals surface area contributed by atoms with E-state index in [1.54, 1.807) is 6.92 Å². The molecule has 0 unspecified atom stereocenters. The molecule has 1 atom stereocenters. The number of carbonyl (C=O) groups excluding carboxylic acids is 2. The van der Waals surface area contributed by atoms with Crippen LogP contribution in [0.15, 0.2) is 10.6 Å². The Labute approximate surface area is 108 Å². The van der Waals surface area contributed by atoms with Crippen LogP contribution in [0, 0.1) is 6.92 Å². The van der Waals surface area contributed by atoms with Gasteiger partial charge in [0.2, 0.25) is 5.76 Å². The molecule has 0 saturated heterocycles. The zero-order valence-electron chi connectivity index (χ0n) is 10.5. The Morgan fingerprint density at radius 1 is 1.53 bits per heavy atom. The molecule has 8 heteroatoms. The number of hydrogen-bond donors (Lipinski definition) is 2. The normalized spacial score (nSPS) is 11.7. The highest BCUT2D eigenvalue weighted by atomic mass is 16.5. The van der Waals surface area contributed by atoms with Crippen molar-refractivity contribution in [3.63, 3.8) is 0 Å². The summed E-state index contributed by atoms with van der Waals surface area (Å²) in [4.78, 5) is 33.6. The van der Waals surface area contributed by atoms with Crippen LogP contribution in [0.1, 0.15) is 29.1 Å². The van der Waals surface area contributed by atoms with Crippen LogP contribution in [0.2, 0.25) is 0 Å². The predicted octanol–water partition coefficient (Wildman–Crippen LogP) is 0.119. The van der Waals surface area contributed by atoms with Crippen LogP contribution in [0.25, 0.3) is 0 Å². The molecular weight excluding hydrogens is 256 g/mol. The largest absolute Gasteiger partial charge is 0.480 e. The minimum absolute atomic E-state index is 0.0686. The molecule has 0 aliphatic heterocycles. The summed E-state index contributed by atoms with van der Waals surface area (Å²) < 4.78 is 9.11. The Bertz CT molecular complexity index is 481. The topological polar surface area (TPSA) is 119 Å². The summed E-state index contributed by atoms with van der Waals surface area (Å²) in [6.45, 7) is 1.63. The lowest BCUT2D eigenvalue weighted by Crippen LogP contribution is -2.41. The van der Waals surface area contributed by atoms with Gasteiger partial charge in [0.05, 0.1) is 12.8 Å². The number of carbonyl (C=O) groups is 3. The number of hydrogen-bond acceptors (Lipinski definition) is 6. The number of nitrogens with zero attached hydrogens (tertiary/aromatic N) is 1. The average molecular weight is 270 g/mol. The first-order valence-corrected chi connectivity index (χ1v) is 5.48. The smallest absolute Gasteiger partial charge is 0.326 e. The number of rotatable bonds is 6. The molecule has 19 heavy (non-hydrogen) atoms. The first kappa shape index (κ1) is 14.7. The molecule has 0 aromatic carbocycles. The van der Waals surface area contributed by atoms with Crippen LogP contribution in [-0.2, 0) is 14.3 Å². The number of ether oxygens (including phenoxy) is 1. The maximum Gasteiger partial charge on any atom is 0.326 e. The average Bonchev–Trinajstić information content (AvgIpc) is 2.80. The van der Waals surface area contributed by atoms with Crippen molar-refractivity contribution in [2.45, 2.75) is 25.8 Å². The molecule has 2 N–H and O–H groups in total. The minimum Gasteiger partial charge on any atom is -0.480 e. The van der Waals surface area contributed by atoms with Crippen molar-refractivity contribution in [1.82, 2.24) is 10.5 Å². The monoisotopic (exact) mass is 270 g/mol. The van der Waals surface area contributed by atoms with Gasteiger partial charge in [-0.1, -0.05) is 5.16 Å². The molecule has 1 aromatic heterocycles. The van der Waals surface area contributed by atoms with Gasteiger partial charge in [0.1, 0.15) is 6.04 Å². The minimum atomic E-state index is -1.24. The SMILES string of the molecule is COC(=O)CC[C@H](NC(=O)c1cc(C)no1)C(=O)O. The number of nitrogens with one attached hydrogen (secondary N) is 1. The molecule has 8 nitrogen and oxygen atoms in total. The molecule has 0 fully saturated rings. The Hall–Kier alpha value is -2.38. The molecule has 0 spiro atoms. The molecule has 1 heterocycles. The lowest BCUT2D eigenvalue weighted by molar-refractivity contribution is -0.142. The van der Waals surface area contributed by atoms with Crippen LogP contribution in [0.3, 0.4) is 0 Å². The van der Waals surface area contributed by atoms with Gasteiger partial charge in [0.25, 0.3) is 5.91 Å². The Kier molecular flexibility index (Phi) is 5.04. The second-order valence-corrected chi connectivity index (χ2v) is 3.81. The third-order valence-corrected chi connectivity index (χ3v) is 2.32.